The van der Waals surface area contributed by atoms with Crippen molar-refractivity contribution in [3.05, 3.63) is 36.4 Å². The highest BCUT2D eigenvalue weighted by molar-refractivity contribution is 5.98. The summed E-state index contributed by atoms with van der Waals surface area (Å²) in [4.78, 5) is 20.4. The second-order valence-corrected chi connectivity index (χ2v) is 4.53. The summed E-state index contributed by atoms with van der Waals surface area (Å²) < 4.78 is 0. The fraction of sp³-hybridized carbons (Fsp3) is 0.133. The van der Waals surface area contributed by atoms with Crippen molar-refractivity contribution in [3.8, 4) is 0 Å². The minimum Gasteiger partial charge on any atom is -0.386 e. The Morgan fingerprint density at radius 2 is 1.50 bits per heavy atom. The molecule has 0 aliphatic rings. The number of hydrogen-bond acceptors (Lipinski definition) is 4. The molecule has 0 bridgehead atoms. The van der Waals surface area contributed by atoms with E-state index in [0.29, 0.717) is 5.69 Å². The minimum absolute atomic E-state index is 0.116. The van der Waals surface area contributed by atoms with Crippen LogP contribution in [0.25, 0.3) is 22.1 Å². The van der Waals surface area contributed by atoms with Gasteiger partial charge in [0.2, 0.25) is 5.91 Å². The van der Waals surface area contributed by atoms with E-state index in [9.17, 15) is 4.79 Å². The van der Waals surface area contributed by atoms with E-state index in [1.54, 1.807) is 7.05 Å². The van der Waals surface area contributed by atoms with Gasteiger partial charge in [0.15, 0.2) is 0 Å². The van der Waals surface area contributed by atoms with E-state index in [0.717, 1.165) is 27.8 Å². The van der Waals surface area contributed by atoms with Gasteiger partial charge in [-0.05, 0) is 24.3 Å². The first-order valence-electron chi connectivity index (χ1n) is 6.33. The molecule has 2 aromatic carbocycles. The molecule has 0 saturated carbocycles. The maximum absolute atomic E-state index is 11.3. The molecule has 0 aliphatic carbocycles. The van der Waals surface area contributed by atoms with E-state index in [1.165, 1.54) is 6.92 Å². The zero-order valence-electron chi connectivity index (χ0n) is 11.3. The summed E-state index contributed by atoms with van der Waals surface area (Å²) in [7, 11) is 1.81. The van der Waals surface area contributed by atoms with Crippen LogP contribution in [0.2, 0.25) is 0 Å². The number of nitrogens with zero attached hydrogens (tertiary/aromatic N) is 2. The second kappa shape index (κ2) is 4.77. The molecule has 0 atom stereocenters. The summed E-state index contributed by atoms with van der Waals surface area (Å²) in [6.45, 7) is 1.48. The van der Waals surface area contributed by atoms with Crippen molar-refractivity contribution in [2.75, 3.05) is 17.7 Å². The first-order chi connectivity index (χ1) is 9.67. The van der Waals surface area contributed by atoms with Crippen LogP contribution < -0.4 is 10.6 Å². The first-order valence-corrected chi connectivity index (χ1v) is 6.33. The Balaban J connectivity index is 2.26. The average Bonchev–Trinajstić information content (AvgIpc) is 2.44. The van der Waals surface area contributed by atoms with Crippen molar-refractivity contribution in [1.29, 1.82) is 0 Å². The Labute approximate surface area is 116 Å². The highest BCUT2D eigenvalue weighted by Gasteiger charge is 2.08. The SMILES string of the molecule is CNc1cc2nc3ccccc3nc2cc1NC(C)=O. The topological polar surface area (TPSA) is 66.9 Å². The van der Waals surface area contributed by atoms with Gasteiger partial charge in [-0.15, -0.1) is 0 Å². The zero-order chi connectivity index (χ0) is 14.1. The Morgan fingerprint density at radius 3 is 2.00 bits per heavy atom. The number of anilines is 2. The molecule has 0 aliphatic heterocycles. The number of benzene rings is 2. The van der Waals surface area contributed by atoms with E-state index in [-0.39, 0.29) is 5.91 Å². The van der Waals surface area contributed by atoms with E-state index in [4.69, 9.17) is 0 Å². The molecule has 20 heavy (non-hydrogen) atoms. The summed E-state index contributed by atoms with van der Waals surface area (Å²) in [6.07, 6.45) is 0. The lowest BCUT2D eigenvalue weighted by molar-refractivity contribution is -0.114. The van der Waals surface area contributed by atoms with E-state index in [1.807, 2.05) is 36.4 Å². The molecule has 2 N–H and O–H groups in total. The first kappa shape index (κ1) is 12.3. The quantitative estimate of drug-likeness (QED) is 0.700. The molecule has 0 spiro atoms. The summed E-state index contributed by atoms with van der Waals surface area (Å²) in [5.74, 6) is -0.116. The van der Waals surface area contributed by atoms with Crippen LogP contribution >= 0.6 is 0 Å². The molecule has 3 rings (SSSR count). The average molecular weight is 266 g/mol. The molecule has 0 radical (unpaired) electrons. The fourth-order valence-electron chi connectivity index (χ4n) is 2.17. The van der Waals surface area contributed by atoms with Gasteiger partial charge in [-0.1, -0.05) is 12.1 Å². The Bertz CT molecular complexity index is 813. The van der Waals surface area contributed by atoms with Crippen molar-refractivity contribution in [2.45, 2.75) is 6.92 Å². The molecule has 1 heterocycles. The van der Waals surface area contributed by atoms with Gasteiger partial charge in [-0.2, -0.15) is 0 Å². The number of amides is 1. The van der Waals surface area contributed by atoms with Crippen LogP contribution in [0.5, 0.6) is 0 Å². The predicted octanol–water partition coefficient (Wildman–Crippen LogP) is 2.78. The molecular formula is C15H14N4O. The monoisotopic (exact) mass is 266 g/mol. The standard InChI is InChI=1S/C15H14N4O/c1-9(20)17-13-8-15-14(7-12(13)16-2)18-10-5-3-4-6-11(10)19-15/h3-8,16H,1-2H3,(H,17,20). The smallest absolute Gasteiger partial charge is 0.221 e. The summed E-state index contributed by atoms with van der Waals surface area (Å²) in [5, 5.41) is 5.85. The molecule has 0 fully saturated rings. The van der Waals surface area contributed by atoms with Crippen LogP contribution in [-0.4, -0.2) is 22.9 Å². The van der Waals surface area contributed by atoms with Gasteiger partial charge in [0.25, 0.3) is 0 Å². The predicted molar refractivity (Wildman–Crippen MR) is 80.9 cm³/mol. The van der Waals surface area contributed by atoms with Crippen molar-refractivity contribution in [1.82, 2.24) is 9.97 Å². The lowest BCUT2D eigenvalue weighted by Gasteiger charge is -2.11. The van der Waals surface area contributed by atoms with Crippen LogP contribution in [-0.2, 0) is 4.79 Å². The van der Waals surface area contributed by atoms with Gasteiger partial charge in [-0.3, -0.25) is 4.79 Å². The molecule has 1 amide bonds. The van der Waals surface area contributed by atoms with E-state index >= 15 is 0 Å². The van der Waals surface area contributed by atoms with Crippen LogP contribution in [0.3, 0.4) is 0 Å². The number of hydrogen-bond donors (Lipinski definition) is 2. The molecule has 5 heteroatoms. The van der Waals surface area contributed by atoms with Crippen LogP contribution in [0.4, 0.5) is 11.4 Å². The normalized spacial score (nSPS) is 10.7. The third kappa shape index (κ3) is 2.14. The Hall–Kier alpha value is -2.69. The molecule has 5 nitrogen and oxygen atoms in total. The maximum atomic E-state index is 11.3. The van der Waals surface area contributed by atoms with Gasteiger partial charge in [0, 0.05) is 14.0 Å². The number of carbonyl (C=O) groups excluding carboxylic acids is 1. The highest BCUT2D eigenvalue weighted by atomic mass is 16.1. The maximum Gasteiger partial charge on any atom is 0.221 e. The summed E-state index contributed by atoms with van der Waals surface area (Å²) in [5.41, 5.74) is 4.77. The fourth-order valence-corrected chi connectivity index (χ4v) is 2.17. The van der Waals surface area contributed by atoms with Crippen molar-refractivity contribution < 1.29 is 4.79 Å². The van der Waals surface area contributed by atoms with Crippen LogP contribution in [0, 0.1) is 0 Å². The molecule has 1 aromatic heterocycles. The number of aromatic nitrogens is 2. The van der Waals surface area contributed by atoms with Gasteiger partial charge >= 0.3 is 0 Å². The van der Waals surface area contributed by atoms with Crippen molar-refractivity contribution >= 4 is 39.3 Å². The molecular weight excluding hydrogens is 252 g/mol. The van der Waals surface area contributed by atoms with E-state index in [2.05, 4.69) is 20.6 Å². The number of nitrogens with one attached hydrogen (secondary N) is 2. The summed E-state index contributed by atoms with van der Waals surface area (Å²) in [6, 6.07) is 11.4. The van der Waals surface area contributed by atoms with Gasteiger partial charge in [-0.25, -0.2) is 9.97 Å². The van der Waals surface area contributed by atoms with Crippen LogP contribution in [0.1, 0.15) is 6.92 Å². The van der Waals surface area contributed by atoms with Crippen LogP contribution in [0.15, 0.2) is 36.4 Å². The number of carbonyl (C=O) groups is 1. The third-order valence-electron chi connectivity index (χ3n) is 3.06. The minimum atomic E-state index is -0.116. The largest absolute Gasteiger partial charge is 0.386 e. The third-order valence-corrected chi connectivity index (χ3v) is 3.06. The number of para-hydroxylation sites is 2. The van der Waals surface area contributed by atoms with Crippen molar-refractivity contribution in [3.63, 3.8) is 0 Å². The number of fused-ring (bicyclic) bond motifs is 2. The van der Waals surface area contributed by atoms with Gasteiger partial charge in [0.05, 0.1) is 33.4 Å². The summed E-state index contributed by atoms with van der Waals surface area (Å²) >= 11 is 0. The molecule has 100 valence electrons. The zero-order valence-corrected chi connectivity index (χ0v) is 11.3. The second-order valence-electron chi connectivity index (χ2n) is 4.53. The lowest BCUT2D eigenvalue weighted by Crippen LogP contribution is -2.08. The Kier molecular flexibility index (Phi) is 2.95. The highest BCUT2D eigenvalue weighted by Crippen LogP contribution is 2.27. The van der Waals surface area contributed by atoms with Gasteiger partial charge < -0.3 is 10.6 Å². The molecule has 0 unspecified atom stereocenters. The van der Waals surface area contributed by atoms with E-state index < -0.39 is 0 Å². The number of rotatable bonds is 2. The molecule has 3 aromatic rings. The Morgan fingerprint density at radius 1 is 0.950 bits per heavy atom. The van der Waals surface area contributed by atoms with Crippen molar-refractivity contribution in [2.24, 2.45) is 0 Å². The molecule has 0 saturated heterocycles. The van der Waals surface area contributed by atoms with Gasteiger partial charge in [0.1, 0.15) is 0 Å². The lowest BCUT2D eigenvalue weighted by atomic mass is 10.2.